The zero-order valence-corrected chi connectivity index (χ0v) is 13.4. The largest absolute Gasteiger partial charge is 0.454 e. The van der Waals surface area contributed by atoms with Crippen molar-refractivity contribution in [2.45, 2.75) is 19.3 Å². The molecule has 1 aromatic carbocycles. The summed E-state index contributed by atoms with van der Waals surface area (Å²) in [5.41, 5.74) is 0.990. The SMILES string of the molecule is O=C([C@H]1CCOC1)N(Cc1ccc2c(c1)OCO2)CC1OCCO1. The monoisotopic (exact) mass is 335 g/mol. The zero-order chi connectivity index (χ0) is 16.4. The molecule has 4 rings (SSSR count). The smallest absolute Gasteiger partial charge is 0.231 e. The van der Waals surface area contributed by atoms with E-state index in [0.29, 0.717) is 39.5 Å². The number of benzene rings is 1. The summed E-state index contributed by atoms with van der Waals surface area (Å²) in [5.74, 6) is 1.46. The lowest BCUT2D eigenvalue weighted by Gasteiger charge is -2.27. The molecule has 3 aliphatic heterocycles. The van der Waals surface area contributed by atoms with E-state index in [0.717, 1.165) is 23.5 Å². The molecule has 0 aliphatic carbocycles. The van der Waals surface area contributed by atoms with E-state index in [-0.39, 0.29) is 24.9 Å². The maximum absolute atomic E-state index is 12.9. The molecule has 3 aliphatic rings. The number of hydrogen-bond acceptors (Lipinski definition) is 6. The van der Waals surface area contributed by atoms with Crippen LogP contribution in [-0.2, 0) is 25.5 Å². The average Bonchev–Trinajstić information content (AvgIpc) is 3.34. The molecule has 130 valence electrons. The lowest BCUT2D eigenvalue weighted by molar-refractivity contribution is -0.142. The predicted molar refractivity (Wildman–Crippen MR) is 82.6 cm³/mol. The van der Waals surface area contributed by atoms with Crippen molar-refractivity contribution in [1.29, 1.82) is 0 Å². The number of rotatable bonds is 5. The number of amides is 1. The second-order valence-electron chi connectivity index (χ2n) is 6.14. The lowest BCUT2D eigenvalue weighted by atomic mass is 10.1. The van der Waals surface area contributed by atoms with E-state index in [9.17, 15) is 4.79 Å². The fourth-order valence-corrected chi connectivity index (χ4v) is 3.17. The molecule has 0 radical (unpaired) electrons. The number of carbonyl (C=O) groups is 1. The minimum absolute atomic E-state index is 0.0830. The van der Waals surface area contributed by atoms with Crippen molar-refractivity contribution in [3.05, 3.63) is 23.8 Å². The predicted octanol–water partition coefficient (Wildman–Crippen LogP) is 1.15. The van der Waals surface area contributed by atoms with Crippen molar-refractivity contribution >= 4 is 5.91 Å². The van der Waals surface area contributed by atoms with Crippen LogP contribution in [0, 0.1) is 5.92 Å². The Morgan fingerprint density at radius 1 is 1.12 bits per heavy atom. The maximum atomic E-state index is 12.9. The molecule has 1 amide bonds. The summed E-state index contributed by atoms with van der Waals surface area (Å²) in [6.07, 6.45) is 0.410. The van der Waals surface area contributed by atoms with E-state index in [2.05, 4.69) is 0 Å². The van der Waals surface area contributed by atoms with Gasteiger partial charge in [-0.1, -0.05) is 6.07 Å². The standard InChI is InChI=1S/C17H21NO6/c19-17(13-3-4-20-10-13)18(9-16-21-5-6-22-16)8-12-1-2-14-15(7-12)24-11-23-14/h1-2,7,13,16H,3-6,8-11H2/t13-/m0/s1. The highest BCUT2D eigenvalue weighted by molar-refractivity contribution is 5.79. The Hall–Kier alpha value is -1.83. The van der Waals surface area contributed by atoms with Gasteiger partial charge in [-0.05, 0) is 24.1 Å². The first kappa shape index (κ1) is 15.7. The zero-order valence-electron chi connectivity index (χ0n) is 13.4. The highest BCUT2D eigenvalue weighted by Gasteiger charge is 2.31. The summed E-state index contributed by atoms with van der Waals surface area (Å²) < 4.78 is 27.1. The number of hydrogen-bond donors (Lipinski definition) is 0. The quantitative estimate of drug-likeness (QED) is 0.804. The number of ether oxygens (including phenoxy) is 5. The Morgan fingerprint density at radius 3 is 2.75 bits per heavy atom. The maximum Gasteiger partial charge on any atom is 0.231 e. The highest BCUT2D eigenvalue weighted by Crippen LogP contribution is 2.33. The molecule has 0 bridgehead atoms. The fourth-order valence-electron chi connectivity index (χ4n) is 3.17. The molecule has 0 N–H and O–H groups in total. The van der Waals surface area contributed by atoms with Crippen LogP contribution in [0.4, 0.5) is 0 Å². The molecule has 1 atom stereocenters. The molecule has 3 heterocycles. The van der Waals surface area contributed by atoms with Gasteiger partial charge < -0.3 is 28.6 Å². The Balaban J connectivity index is 1.49. The summed E-state index contributed by atoms with van der Waals surface area (Å²) in [6, 6.07) is 5.75. The molecule has 0 saturated carbocycles. The van der Waals surface area contributed by atoms with Gasteiger partial charge in [0.2, 0.25) is 12.7 Å². The Morgan fingerprint density at radius 2 is 1.96 bits per heavy atom. The molecule has 24 heavy (non-hydrogen) atoms. The van der Waals surface area contributed by atoms with Crippen LogP contribution in [0.5, 0.6) is 11.5 Å². The molecule has 2 fully saturated rings. The normalized spacial score (nSPS) is 22.9. The third kappa shape index (κ3) is 3.33. The molecule has 0 unspecified atom stereocenters. The second-order valence-corrected chi connectivity index (χ2v) is 6.14. The number of nitrogens with zero attached hydrogens (tertiary/aromatic N) is 1. The van der Waals surface area contributed by atoms with Crippen LogP contribution in [0.15, 0.2) is 18.2 Å². The van der Waals surface area contributed by atoms with E-state index < -0.39 is 0 Å². The van der Waals surface area contributed by atoms with Crippen molar-refractivity contribution in [3.8, 4) is 11.5 Å². The van der Waals surface area contributed by atoms with E-state index in [1.807, 2.05) is 18.2 Å². The third-order valence-corrected chi connectivity index (χ3v) is 4.46. The molecule has 7 heteroatoms. The van der Waals surface area contributed by atoms with Gasteiger partial charge in [0, 0.05) is 13.2 Å². The lowest BCUT2D eigenvalue weighted by Crippen LogP contribution is -2.41. The molecule has 2 saturated heterocycles. The van der Waals surface area contributed by atoms with E-state index in [1.165, 1.54) is 0 Å². The second kappa shape index (κ2) is 6.96. The fraction of sp³-hybridized carbons (Fsp3) is 0.588. The highest BCUT2D eigenvalue weighted by atomic mass is 16.7. The molecule has 0 spiro atoms. The summed E-state index contributed by atoms with van der Waals surface area (Å²) in [5, 5.41) is 0. The van der Waals surface area contributed by atoms with Crippen LogP contribution >= 0.6 is 0 Å². The van der Waals surface area contributed by atoms with Crippen molar-refractivity contribution in [2.75, 3.05) is 39.8 Å². The summed E-state index contributed by atoms with van der Waals surface area (Å²) in [6.45, 7) is 3.42. The minimum atomic E-state index is -0.356. The number of carbonyl (C=O) groups excluding carboxylic acids is 1. The molecule has 7 nitrogen and oxygen atoms in total. The van der Waals surface area contributed by atoms with Crippen molar-refractivity contribution < 1.29 is 28.5 Å². The van der Waals surface area contributed by atoms with Gasteiger partial charge in [0.15, 0.2) is 17.8 Å². The van der Waals surface area contributed by atoms with Crippen LogP contribution in [-0.4, -0.2) is 56.9 Å². The number of fused-ring (bicyclic) bond motifs is 1. The van der Waals surface area contributed by atoms with Gasteiger partial charge in [-0.2, -0.15) is 0 Å². The Kier molecular flexibility index (Phi) is 4.55. The van der Waals surface area contributed by atoms with Gasteiger partial charge in [0.1, 0.15) is 0 Å². The topological polar surface area (TPSA) is 66.5 Å². The van der Waals surface area contributed by atoms with Gasteiger partial charge in [-0.15, -0.1) is 0 Å². The van der Waals surface area contributed by atoms with Gasteiger partial charge in [-0.25, -0.2) is 0 Å². The summed E-state index contributed by atoms with van der Waals surface area (Å²) in [7, 11) is 0. The molecule has 0 aromatic heterocycles. The van der Waals surface area contributed by atoms with E-state index in [4.69, 9.17) is 23.7 Å². The Bertz CT molecular complexity index is 595. The van der Waals surface area contributed by atoms with E-state index >= 15 is 0 Å². The van der Waals surface area contributed by atoms with Crippen LogP contribution in [0.1, 0.15) is 12.0 Å². The first-order valence-electron chi connectivity index (χ1n) is 8.28. The average molecular weight is 335 g/mol. The first-order chi connectivity index (χ1) is 11.8. The summed E-state index contributed by atoms with van der Waals surface area (Å²) in [4.78, 5) is 14.6. The minimum Gasteiger partial charge on any atom is -0.454 e. The first-order valence-corrected chi connectivity index (χ1v) is 8.28. The van der Waals surface area contributed by atoms with Crippen molar-refractivity contribution in [3.63, 3.8) is 0 Å². The van der Waals surface area contributed by atoms with Gasteiger partial charge in [-0.3, -0.25) is 4.79 Å². The van der Waals surface area contributed by atoms with Crippen LogP contribution in [0.25, 0.3) is 0 Å². The van der Waals surface area contributed by atoms with E-state index in [1.54, 1.807) is 4.90 Å². The summed E-state index contributed by atoms with van der Waals surface area (Å²) >= 11 is 0. The molecular formula is C17H21NO6. The van der Waals surface area contributed by atoms with Crippen LogP contribution < -0.4 is 9.47 Å². The molecule has 1 aromatic rings. The van der Waals surface area contributed by atoms with Gasteiger partial charge >= 0.3 is 0 Å². The Labute approximate surface area is 140 Å². The van der Waals surface area contributed by atoms with Crippen molar-refractivity contribution in [2.24, 2.45) is 5.92 Å². The molecular weight excluding hydrogens is 314 g/mol. The van der Waals surface area contributed by atoms with Gasteiger partial charge in [0.05, 0.1) is 32.3 Å². The van der Waals surface area contributed by atoms with Gasteiger partial charge in [0.25, 0.3) is 0 Å². The van der Waals surface area contributed by atoms with Crippen LogP contribution in [0.3, 0.4) is 0 Å². The van der Waals surface area contributed by atoms with Crippen LogP contribution in [0.2, 0.25) is 0 Å². The van der Waals surface area contributed by atoms with Crippen molar-refractivity contribution in [1.82, 2.24) is 4.90 Å². The third-order valence-electron chi connectivity index (χ3n) is 4.46.